The highest BCUT2D eigenvalue weighted by Crippen LogP contribution is 2.38. The molecule has 1 N–H and O–H groups in total. The van der Waals surface area contributed by atoms with Crippen LogP contribution in [-0.4, -0.2) is 26.6 Å². The molecule has 0 atom stereocenters. The number of hydrogen-bond acceptors (Lipinski definition) is 8. The number of rotatable bonds is 7. The lowest BCUT2D eigenvalue weighted by molar-refractivity contribution is -0.387. The van der Waals surface area contributed by atoms with Crippen molar-refractivity contribution in [1.29, 1.82) is 0 Å². The smallest absolute Gasteiger partial charge is 0.283 e. The number of fused-ring (bicyclic) bond motifs is 3. The van der Waals surface area contributed by atoms with Crippen molar-refractivity contribution in [2.24, 2.45) is 5.10 Å². The minimum Gasteiger partial charge on any atom is -0.331 e. The van der Waals surface area contributed by atoms with Crippen LogP contribution in [0.4, 0.5) is 5.69 Å². The van der Waals surface area contributed by atoms with E-state index in [1.54, 1.807) is 53.1 Å². The summed E-state index contributed by atoms with van der Waals surface area (Å²) < 4.78 is 3.49. The van der Waals surface area contributed by atoms with Gasteiger partial charge in [0, 0.05) is 22.4 Å². The van der Waals surface area contributed by atoms with Gasteiger partial charge >= 0.3 is 0 Å². The Bertz CT molecular complexity index is 1940. The Morgan fingerprint density at radius 3 is 2.38 bits per heavy atom. The van der Waals surface area contributed by atoms with Gasteiger partial charge in [-0.2, -0.15) is 5.10 Å². The molecule has 0 saturated carbocycles. The summed E-state index contributed by atoms with van der Waals surface area (Å²) in [5.41, 5.74) is 4.91. The fraction of sp³-hybridized carbons (Fsp3) is 0.0345. The van der Waals surface area contributed by atoms with Gasteiger partial charge in [-0.3, -0.25) is 19.7 Å². The summed E-state index contributed by atoms with van der Waals surface area (Å²) >= 11 is 2.71. The molecule has 0 saturated heterocycles. The SMILES string of the molecule is O=C(Cn1c2ccccc2c(=O)c2ccccc21)N/N=C/c1ccc(Sc2nc3ccccc3s2)c([N+](=O)[O-])c1. The predicted octanol–water partition coefficient (Wildman–Crippen LogP) is 5.97. The van der Waals surface area contributed by atoms with E-state index in [4.69, 9.17) is 0 Å². The molecule has 11 heteroatoms. The van der Waals surface area contributed by atoms with E-state index in [2.05, 4.69) is 15.5 Å². The van der Waals surface area contributed by atoms with E-state index in [0.29, 0.717) is 36.6 Å². The van der Waals surface area contributed by atoms with Crippen molar-refractivity contribution in [3.05, 3.63) is 117 Å². The fourth-order valence-electron chi connectivity index (χ4n) is 4.44. The van der Waals surface area contributed by atoms with Crippen molar-refractivity contribution in [2.45, 2.75) is 15.8 Å². The van der Waals surface area contributed by atoms with Crippen LogP contribution >= 0.6 is 23.1 Å². The maximum atomic E-state index is 12.9. The summed E-state index contributed by atoms with van der Waals surface area (Å²) in [6, 6.07) is 26.7. The summed E-state index contributed by atoms with van der Waals surface area (Å²) in [5.74, 6) is -0.410. The molecule has 0 bridgehead atoms. The Labute approximate surface area is 234 Å². The Kier molecular flexibility index (Phi) is 6.81. The van der Waals surface area contributed by atoms with Crippen molar-refractivity contribution in [1.82, 2.24) is 15.0 Å². The third-order valence-corrected chi connectivity index (χ3v) is 8.40. The summed E-state index contributed by atoms with van der Waals surface area (Å²) in [6.45, 7) is -0.0729. The molecule has 2 aromatic heterocycles. The van der Waals surface area contributed by atoms with Gasteiger partial charge in [0.2, 0.25) is 0 Å². The molecule has 196 valence electrons. The summed E-state index contributed by atoms with van der Waals surface area (Å²) in [6.07, 6.45) is 1.36. The summed E-state index contributed by atoms with van der Waals surface area (Å²) in [5, 5.41) is 16.9. The first-order valence-electron chi connectivity index (χ1n) is 12.1. The molecule has 0 radical (unpaired) electrons. The first kappa shape index (κ1) is 25.4. The second kappa shape index (κ2) is 10.7. The number of carbonyl (C=O) groups is 1. The van der Waals surface area contributed by atoms with Gasteiger partial charge in [-0.05, 0) is 42.5 Å². The van der Waals surface area contributed by atoms with Gasteiger partial charge in [0.25, 0.3) is 11.6 Å². The van der Waals surface area contributed by atoms with E-state index in [1.165, 1.54) is 35.4 Å². The average molecular weight is 566 g/mol. The number of benzene rings is 4. The molecular weight excluding hydrogens is 546 g/mol. The second-order valence-electron chi connectivity index (χ2n) is 8.78. The highest BCUT2D eigenvalue weighted by atomic mass is 32.2. The largest absolute Gasteiger partial charge is 0.331 e. The Morgan fingerprint density at radius 1 is 1.00 bits per heavy atom. The Morgan fingerprint density at radius 2 is 1.68 bits per heavy atom. The van der Waals surface area contributed by atoms with E-state index in [-0.39, 0.29) is 17.7 Å². The van der Waals surface area contributed by atoms with E-state index in [1.807, 2.05) is 36.4 Å². The standard InChI is InChI=1S/C29H19N5O4S2/c35-27(17-33-22-10-4-1-7-19(22)28(36)20-8-2-5-11-23(20)33)32-30-16-18-13-14-26(24(15-18)34(37)38)40-29-31-21-9-3-6-12-25(21)39-29/h1-16H,17H2,(H,32,35)/b30-16+. The molecule has 1 amide bonds. The molecule has 2 heterocycles. The van der Waals surface area contributed by atoms with Crippen LogP contribution in [0.25, 0.3) is 32.0 Å². The number of hydrazone groups is 1. The minimum atomic E-state index is -0.446. The fourth-order valence-corrected chi connectivity index (χ4v) is 6.55. The van der Waals surface area contributed by atoms with Crippen LogP contribution in [0.15, 0.2) is 110 Å². The maximum absolute atomic E-state index is 12.9. The van der Waals surface area contributed by atoms with Crippen LogP contribution in [0.2, 0.25) is 0 Å². The number of para-hydroxylation sites is 3. The zero-order valence-electron chi connectivity index (χ0n) is 20.7. The number of pyridine rings is 1. The van der Waals surface area contributed by atoms with E-state index in [9.17, 15) is 19.7 Å². The van der Waals surface area contributed by atoms with Crippen LogP contribution in [-0.2, 0) is 11.3 Å². The highest BCUT2D eigenvalue weighted by Gasteiger charge is 2.18. The number of aromatic nitrogens is 2. The lowest BCUT2D eigenvalue weighted by Gasteiger charge is -2.14. The Hall–Kier alpha value is -4.87. The van der Waals surface area contributed by atoms with Crippen molar-refractivity contribution < 1.29 is 9.72 Å². The molecule has 4 aromatic carbocycles. The predicted molar refractivity (Wildman–Crippen MR) is 158 cm³/mol. The number of amides is 1. The first-order valence-corrected chi connectivity index (χ1v) is 13.8. The molecule has 0 aliphatic carbocycles. The van der Waals surface area contributed by atoms with Crippen LogP contribution in [0.5, 0.6) is 0 Å². The van der Waals surface area contributed by atoms with Gasteiger partial charge in [0.05, 0.1) is 37.3 Å². The van der Waals surface area contributed by atoms with Crippen molar-refractivity contribution >= 4 is 72.9 Å². The average Bonchev–Trinajstić information content (AvgIpc) is 3.38. The van der Waals surface area contributed by atoms with Crippen molar-refractivity contribution in [2.75, 3.05) is 0 Å². The van der Waals surface area contributed by atoms with Gasteiger partial charge in [-0.15, -0.1) is 11.3 Å². The quantitative estimate of drug-likeness (QED) is 0.110. The molecular formula is C29H19N5O4S2. The molecule has 0 unspecified atom stereocenters. The summed E-state index contributed by atoms with van der Waals surface area (Å²) in [7, 11) is 0. The lowest BCUT2D eigenvalue weighted by Crippen LogP contribution is -2.25. The Balaban J connectivity index is 1.21. The van der Waals surface area contributed by atoms with Gasteiger partial charge in [-0.25, -0.2) is 10.4 Å². The number of hydrogen-bond donors (Lipinski definition) is 1. The molecule has 6 aromatic rings. The third kappa shape index (κ3) is 4.95. The second-order valence-corrected chi connectivity index (χ2v) is 11.1. The first-order chi connectivity index (χ1) is 19.5. The van der Waals surface area contributed by atoms with E-state index >= 15 is 0 Å². The van der Waals surface area contributed by atoms with E-state index < -0.39 is 10.8 Å². The summed E-state index contributed by atoms with van der Waals surface area (Å²) in [4.78, 5) is 42.1. The zero-order chi connectivity index (χ0) is 27.6. The van der Waals surface area contributed by atoms with Crippen LogP contribution < -0.4 is 10.9 Å². The number of nitrogens with zero attached hydrogens (tertiary/aromatic N) is 4. The molecule has 0 aliphatic heterocycles. The van der Waals surface area contributed by atoms with Crippen molar-refractivity contribution in [3.63, 3.8) is 0 Å². The number of nitro benzene ring substituents is 1. The van der Waals surface area contributed by atoms with Gasteiger partial charge in [0.1, 0.15) is 6.54 Å². The van der Waals surface area contributed by atoms with Crippen LogP contribution in [0, 0.1) is 10.1 Å². The van der Waals surface area contributed by atoms with E-state index in [0.717, 1.165) is 10.2 Å². The third-order valence-electron chi connectivity index (χ3n) is 6.23. The minimum absolute atomic E-state index is 0.0729. The van der Waals surface area contributed by atoms with Gasteiger partial charge in [-0.1, -0.05) is 54.2 Å². The number of thiazole rings is 1. The number of nitrogens with one attached hydrogen (secondary N) is 1. The maximum Gasteiger partial charge on any atom is 0.283 e. The molecule has 6 rings (SSSR count). The monoisotopic (exact) mass is 565 g/mol. The number of nitro groups is 1. The highest BCUT2D eigenvalue weighted by molar-refractivity contribution is 8.01. The molecule has 0 fully saturated rings. The topological polar surface area (TPSA) is 119 Å². The van der Waals surface area contributed by atoms with Gasteiger partial charge < -0.3 is 4.57 Å². The molecule has 40 heavy (non-hydrogen) atoms. The molecule has 0 aliphatic rings. The number of carbonyl (C=O) groups excluding carboxylic acids is 1. The zero-order valence-corrected chi connectivity index (χ0v) is 22.3. The van der Waals surface area contributed by atoms with Crippen LogP contribution in [0.1, 0.15) is 5.56 Å². The lowest BCUT2D eigenvalue weighted by atomic mass is 10.1. The van der Waals surface area contributed by atoms with Crippen molar-refractivity contribution in [3.8, 4) is 0 Å². The van der Waals surface area contributed by atoms with Crippen LogP contribution in [0.3, 0.4) is 0 Å². The normalized spacial score (nSPS) is 11.5. The molecule has 0 spiro atoms. The molecule has 9 nitrogen and oxygen atoms in total. The van der Waals surface area contributed by atoms with Gasteiger partial charge in [0.15, 0.2) is 9.77 Å².